The average Bonchev–Trinajstić information content (AvgIpc) is 3.27. The highest BCUT2D eigenvalue weighted by molar-refractivity contribution is 5.90. The fourth-order valence-corrected chi connectivity index (χ4v) is 4.19. The first-order valence-corrected chi connectivity index (χ1v) is 12.1. The zero-order valence-corrected chi connectivity index (χ0v) is 20.5. The van der Waals surface area contributed by atoms with Gasteiger partial charge in [-0.3, -0.25) is 19.5 Å². The second-order valence-electron chi connectivity index (χ2n) is 9.05. The third-order valence-electron chi connectivity index (χ3n) is 6.23. The topological polar surface area (TPSA) is 115 Å². The van der Waals surface area contributed by atoms with Crippen LogP contribution in [0.25, 0.3) is 11.1 Å². The molecule has 0 bridgehead atoms. The first-order valence-electron chi connectivity index (χ1n) is 12.1. The number of aromatic nitrogens is 1. The van der Waals surface area contributed by atoms with E-state index in [4.69, 9.17) is 10.5 Å². The molecule has 37 heavy (non-hydrogen) atoms. The second kappa shape index (κ2) is 11.7. The van der Waals surface area contributed by atoms with Gasteiger partial charge in [0.2, 0.25) is 5.91 Å². The van der Waals surface area contributed by atoms with Crippen molar-refractivity contribution in [2.75, 3.05) is 18.0 Å². The van der Waals surface area contributed by atoms with Crippen molar-refractivity contribution in [3.63, 3.8) is 0 Å². The number of benzene rings is 2. The van der Waals surface area contributed by atoms with E-state index >= 15 is 0 Å². The summed E-state index contributed by atoms with van der Waals surface area (Å²) in [4.78, 5) is 41.1. The Morgan fingerprint density at radius 3 is 2.65 bits per heavy atom. The molecule has 2 heterocycles. The zero-order valence-electron chi connectivity index (χ0n) is 20.5. The predicted molar refractivity (Wildman–Crippen MR) is 137 cm³/mol. The first kappa shape index (κ1) is 26.0. The first-order chi connectivity index (χ1) is 17.8. The Morgan fingerprint density at radius 2 is 1.97 bits per heavy atom. The van der Waals surface area contributed by atoms with Gasteiger partial charge in [0, 0.05) is 31.3 Å². The number of nitrogens with one attached hydrogen (secondary N) is 1. The lowest BCUT2D eigenvalue weighted by molar-refractivity contribution is -0.120. The number of carbonyl (C=O) groups is 3. The third kappa shape index (κ3) is 6.77. The Bertz CT molecular complexity index is 1270. The summed E-state index contributed by atoms with van der Waals surface area (Å²) in [6.07, 6.45) is 3.61. The fourth-order valence-electron chi connectivity index (χ4n) is 4.19. The molecule has 3 N–H and O–H groups in total. The van der Waals surface area contributed by atoms with Crippen LogP contribution in [0.2, 0.25) is 0 Å². The molecule has 1 saturated heterocycles. The minimum Gasteiger partial charge on any atom is -0.442 e. The molecular formula is C28H29FN4O4. The van der Waals surface area contributed by atoms with Crippen LogP contribution in [0.5, 0.6) is 0 Å². The summed E-state index contributed by atoms with van der Waals surface area (Å²) in [7, 11) is 0. The van der Waals surface area contributed by atoms with Crippen molar-refractivity contribution in [2.45, 2.75) is 38.3 Å². The number of ketones is 1. The van der Waals surface area contributed by atoms with Gasteiger partial charge in [0.1, 0.15) is 17.7 Å². The Morgan fingerprint density at radius 1 is 1.19 bits per heavy atom. The van der Waals surface area contributed by atoms with Crippen molar-refractivity contribution in [3.8, 4) is 11.1 Å². The number of hydrogen-bond acceptors (Lipinski definition) is 6. The highest BCUT2D eigenvalue weighted by Crippen LogP contribution is 2.29. The van der Waals surface area contributed by atoms with Crippen LogP contribution in [0.15, 0.2) is 67.0 Å². The van der Waals surface area contributed by atoms with Gasteiger partial charge in [-0.2, -0.15) is 0 Å². The minimum absolute atomic E-state index is 0.0192. The van der Waals surface area contributed by atoms with Gasteiger partial charge in [-0.05, 0) is 53.8 Å². The number of amides is 2. The Kier molecular flexibility index (Phi) is 8.25. The standard InChI is InChI=1S/C28H29FN4O4/c1-18(34)32-16-23-17-33(28(36)37-23)22-9-10-24(25(29)14-22)21-7-4-19(5-8-21)6-11-27(35)26(30)13-20-3-2-12-31-15-20/h2-5,7-10,12,14-15,23,26H,6,11,13,16-17,30H2,1H3,(H,32,34)/t23-,26-/m0/s1. The third-order valence-corrected chi connectivity index (χ3v) is 6.23. The molecule has 8 nitrogen and oxygen atoms in total. The largest absolute Gasteiger partial charge is 0.442 e. The van der Waals surface area contributed by atoms with Crippen molar-refractivity contribution in [2.24, 2.45) is 5.73 Å². The highest BCUT2D eigenvalue weighted by Gasteiger charge is 2.32. The number of halogens is 1. The molecule has 1 aliphatic rings. The quantitative estimate of drug-likeness (QED) is 0.437. The van der Waals surface area contributed by atoms with Crippen LogP contribution in [-0.2, 0) is 27.2 Å². The molecule has 0 radical (unpaired) electrons. The molecule has 0 unspecified atom stereocenters. The van der Waals surface area contributed by atoms with Crippen molar-refractivity contribution in [1.82, 2.24) is 10.3 Å². The van der Waals surface area contributed by atoms with E-state index in [1.54, 1.807) is 36.7 Å². The molecule has 9 heteroatoms. The van der Waals surface area contributed by atoms with Gasteiger partial charge in [0.05, 0.1) is 24.8 Å². The number of anilines is 1. The van der Waals surface area contributed by atoms with Gasteiger partial charge < -0.3 is 15.8 Å². The van der Waals surface area contributed by atoms with Crippen LogP contribution in [-0.4, -0.2) is 48.0 Å². The summed E-state index contributed by atoms with van der Waals surface area (Å²) in [6, 6.07) is 15.1. The maximum atomic E-state index is 15.0. The predicted octanol–water partition coefficient (Wildman–Crippen LogP) is 3.42. The van der Waals surface area contributed by atoms with Gasteiger partial charge in [0.25, 0.3) is 0 Å². The number of carbonyl (C=O) groups excluding carboxylic acids is 3. The summed E-state index contributed by atoms with van der Waals surface area (Å²) in [5, 5.41) is 2.61. The van der Waals surface area contributed by atoms with E-state index < -0.39 is 24.1 Å². The van der Waals surface area contributed by atoms with E-state index in [9.17, 15) is 18.8 Å². The molecule has 2 amide bonds. The SMILES string of the molecule is CC(=O)NC[C@H]1CN(c2ccc(-c3ccc(CCC(=O)[C@@H](N)Cc4cccnc4)cc3)c(F)c2)C(=O)O1. The van der Waals surface area contributed by atoms with Gasteiger partial charge in [-0.25, -0.2) is 9.18 Å². The van der Waals surface area contributed by atoms with E-state index in [0.29, 0.717) is 36.1 Å². The summed E-state index contributed by atoms with van der Waals surface area (Å²) in [5.41, 5.74) is 9.40. The molecule has 4 rings (SSSR count). The van der Waals surface area contributed by atoms with Crippen LogP contribution >= 0.6 is 0 Å². The Labute approximate surface area is 214 Å². The molecule has 0 spiro atoms. The van der Waals surface area contributed by atoms with Gasteiger partial charge in [-0.1, -0.05) is 30.3 Å². The number of ether oxygens (including phenoxy) is 1. The number of aryl methyl sites for hydroxylation is 1. The highest BCUT2D eigenvalue weighted by atomic mass is 19.1. The van der Waals surface area contributed by atoms with E-state index in [1.165, 1.54) is 17.9 Å². The molecule has 0 aliphatic carbocycles. The fraction of sp³-hybridized carbons (Fsp3) is 0.286. The van der Waals surface area contributed by atoms with E-state index in [1.807, 2.05) is 24.3 Å². The normalized spacial score (nSPS) is 15.8. The summed E-state index contributed by atoms with van der Waals surface area (Å²) >= 11 is 0. The molecular weight excluding hydrogens is 475 g/mol. The number of cyclic esters (lactones) is 1. The molecule has 0 saturated carbocycles. The molecule has 192 valence electrons. The van der Waals surface area contributed by atoms with Crippen molar-refractivity contribution in [3.05, 3.63) is 83.9 Å². The average molecular weight is 505 g/mol. The van der Waals surface area contributed by atoms with Gasteiger partial charge in [-0.15, -0.1) is 0 Å². The summed E-state index contributed by atoms with van der Waals surface area (Å²) in [5.74, 6) is -0.707. The van der Waals surface area contributed by atoms with Crippen LogP contribution < -0.4 is 16.0 Å². The number of Topliss-reactive ketones (excluding diaryl/α,β-unsaturated/α-hetero) is 1. The number of hydrogen-bond donors (Lipinski definition) is 2. The summed E-state index contributed by atoms with van der Waals surface area (Å²) in [6.45, 7) is 1.80. The molecule has 2 atom stereocenters. The van der Waals surface area contributed by atoms with E-state index in [2.05, 4.69) is 10.3 Å². The molecule has 1 aliphatic heterocycles. The molecule has 1 fully saturated rings. The maximum absolute atomic E-state index is 15.0. The van der Waals surface area contributed by atoms with E-state index in [-0.39, 0.29) is 24.8 Å². The second-order valence-corrected chi connectivity index (χ2v) is 9.05. The Hall–Kier alpha value is -4.11. The van der Waals surface area contributed by atoms with E-state index in [0.717, 1.165) is 11.1 Å². The van der Waals surface area contributed by atoms with Crippen molar-refractivity contribution >= 4 is 23.5 Å². The molecule has 1 aromatic heterocycles. The monoisotopic (exact) mass is 504 g/mol. The number of pyridine rings is 1. The number of nitrogens with zero attached hydrogens (tertiary/aromatic N) is 2. The van der Waals surface area contributed by atoms with Crippen LogP contribution in [0.1, 0.15) is 24.5 Å². The van der Waals surface area contributed by atoms with Crippen LogP contribution in [0.3, 0.4) is 0 Å². The van der Waals surface area contributed by atoms with Crippen LogP contribution in [0.4, 0.5) is 14.9 Å². The number of rotatable bonds is 10. The van der Waals surface area contributed by atoms with Crippen LogP contribution in [0, 0.1) is 5.82 Å². The smallest absolute Gasteiger partial charge is 0.414 e. The van der Waals surface area contributed by atoms with Gasteiger partial charge >= 0.3 is 6.09 Å². The summed E-state index contributed by atoms with van der Waals surface area (Å²) < 4.78 is 20.2. The van der Waals surface area contributed by atoms with Crippen molar-refractivity contribution < 1.29 is 23.5 Å². The maximum Gasteiger partial charge on any atom is 0.414 e. The number of nitrogens with two attached hydrogens (primary N) is 1. The molecule has 2 aromatic carbocycles. The lowest BCUT2D eigenvalue weighted by Crippen LogP contribution is -2.33. The zero-order chi connectivity index (χ0) is 26.4. The lowest BCUT2D eigenvalue weighted by atomic mass is 9.97. The Balaban J connectivity index is 1.34. The van der Waals surface area contributed by atoms with Gasteiger partial charge in [0.15, 0.2) is 0 Å². The minimum atomic E-state index is -0.582. The molecule has 3 aromatic rings. The lowest BCUT2D eigenvalue weighted by Gasteiger charge is -2.15. The van der Waals surface area contributed by atoms with Crippen molar-refractivity contribution in [1.29, 1.82) is 0 Å².